The Labute approximate surface area is 108 Å². The Morgan fingerprint density at radius 2 is 2.22 bits per heavy atom. The van der Waals surface area contributed by atoms with Gasteiger partial charge in [0, 0.05) is 43.5 Å². The van der Waals surface area contributed by atoms with Crippen LogP contribution in [-0.4, -0.2) is 16.3 Å². The van der Waals surface area contributed by atoms with E-state index in [4.69, 9.17) is 4.42 Å². The predicted octanol–water partition coefficient (Wildman–Crippen LogP) is 2.52. The minimum Gasteiger partial charge on any atom is -0.466 e. The van der Waals surface area contributed by atoms with Gasteiger partial charge < -0.3 is 9.73 Å². The number of hydrogen-bond acceptors (Lipinski definition) is 3. The number of furan rings is 1. The molecular formula is C14H21N3O. The first-order valence-electron chi connectivity index (χ1n) is 6.35. The van der Waals surface area contributed by atoms with E-state index < -0.39 is 0 Å². The summed E-state index contributed by atoms with van der Waals surface area (Å²) in [5.41, 5.74) is 2.49. The monoisotopic (exact) mass is 247 g/mol. The first kappa shape index (κ1) is 12.9. The van der Waals surface area contributed by atoms with Crippen molar-refractivity contribution in [3.63, 3.8) is 0 Å². The van der Waals surface area contributed by atoms with Gasteiger partial charge in [-0.05, 0) is 32.9 Å². The van der Waals surface area contributed by atoms with Crippen LogP contribution in [0.5, 0.6) is 0 Å². The highest BCUT2D eigenvalue weighted by Gasteiger charge is 2.11. The van der Waals surface area contributed by atoms with E-state index in [0.717, 1.165) is 24.5 Å². The molecule has 4 heteroatoms. The number of hydrogen-bond donors (Lipinski definition) is 1. The van der Waals surface area contributed by atoms with Crippen molar-refractivity contribution in [1.29, 1.82) is 0 Å². The Kier molecular flexibility index (Phi) is 3.87. The largest absolute Gasteiger partial charge is 0.466 e. The van der Waals surface area contributed by atoms with E-state index in [0.29, 0.717) is 6.04 Å². The number of aryl methyl sites for hydroxylation is 3. The third kappa shape index (κ3) is 2.82. The quantitative estimate of drug-likeness (QED) is 0.883. The van der Waals surface area contributed by atoms with Crippen LogP contribution >= 0.6 is 0 Å². The highest BCUT2D eigenvalue weighted by molar-refractivity contribution is 5.23. The standard InChI is InChI=1S/C14H21N3O/c1-10-9-14(12(3)18-10)11(2)15-7-5-13-6-8-16-17(13)4/h6,8-9,11,15H,5,7H2,1-4H3/t11-/m1/s1. The average Bonchev–Trinajstić information content (AvgIpc) is 2.85. The third-order valence-corrected chi connectivity index (χ3v) is 3.30. The SMILES string of the molecule is Cc1cc([C@@H](C)NCCc2ccnn2C)c(C)o1. The van der Waals surface area contributed by atoms with Crippen molar-refractivity contribution < 1.29 is 4.42 Å². The summed E-state index contributed by atoms with van der Waals surface area (Å²) >= 11 is 0. The molecule has 0 radical (unpaired) electrons. The molecule has 2 rings (SSSR count). The Morgan fingerprint density at radius 1 is 1.44 bits per heavy atom. The Balaban J connectivity index is 1.87. The average molecular weight is 247 g/mol. The Morgan fingerprint density at radius 3 is 2.78 bits per heavy atom. The predicted molar refractivity (Wildman–Crippen MR) is 71.5 cm³/mol. The van der Waals surface area contributed by atoms with Gasteiger partial charge in [-0.3, -0.25) is 4.68 Å². The van der Waals surface area contributed by atoms with E-state index in [-0.39, 0.29) is 0 Å². The van der Waals surface area contributed by atoms with E-state index in [1.165, 1.54) is 11.3 Å². The number of nitrogens with one attached hydrogen (secondary N) is 1. The fourth-order valence-corrected chi connectivity index (χ4v) is 2.25. The molecule has 0 aromatic carbocycles. The summed E-state index contributed by atoms with van der Waals surface area (Å²) in [4.78, 5) is 0. The normalized spacial score (nSPS) is 12.9. The van der Waals surface area contributed by atoms with Crippen LogP contribution in [0.1, 0.15) is 35.7 Å². The van der Waals surface area contributed by atoms with Gasteiger partial charge in [0.2, 0.25) is 0 Å². The summed E-state index contributed by atoms with van der Waals surface area (Å²) in [5, 5.41) is 7.68. The maximum Gasteiger partial charge on any atom is 0.105 e. The zero-order chi connectivity index (χ0) is 13.1. The molecule has 4 nitrogen and oxygen atoms in total. The van der Waals surface area contributed by atoms with Crippen LogP contribution in [0.15, 0.2) is 22.7 Å². The van der Waals surface area contributed by atoms with Gasteiger partial charge in [0.15, 0.2) is 0 Å². The molecule has 0 spiro atoms. The van der Waals surface area contributed by atoms with E-state index in [1.54, 1.807) is 0 Å². The molecule has 1 N–H and O–H groups in total. The number of nitrogens with zero attached hydrogens (tertiary/aromatic N) is 2. The van der Waals surface area contributed by atoms with Crippen molar-refractivity contribution in [3.05, 3.63) is 41.1 Å². The second-order valence-electron chi connectivity index (χ2n) is 4.74. The molecule has 0 aliphatic rings. The van der Waals surface area contributed by atoms with Gasteiger partial charge >= 0.3 is 0 Å². The van der Waals surface area contributed by atoms with Crippen LogP contribution in [-0.2, 0) is 13.5 Å². The van der Waals surface area contributed by atoms with Crippen LogP contribution in [0, 0.1) is 13.8 Å². The summed E-state index contributed by atoms with van der Waals surface area (Å²) in [7, 11) is 1.97. The maximum atomic E-state index is 5.55. The molecule has 2 heterocycles. The van der Waals surface area contributed by atoms with Crippen molar-refractivity contribution in [2.24, 2.45) is 7.05 Å². The van der Waals surface area contributed by atoms with Crippen molar-refractivity contribution in [3.8, 4) is 0 Å². The lowest BCUT2D eigenvalue weighted by molar-refractivity contribution is 0.489. The van der Waals surface area contributed by atoms with Gasteiger partial charge in [-0.2, -0.15) is 5.10 Å². The molecule has 0 saturated heterocycles. The van der Waals surface area contributed by atoms with E-state index in [1.807, 2.05) is 31.8 Å². The topological polar surface area (TPSA) is 43.0 Å². The van der Waals surface area contributed by atoms with Crippen LogP contribution in [0.2, 0.25) is 0 Å². The summed E-state index contributed by atoms with van der Waals surface area (Å²) in [6.07, 6.45) is 2.82. The summed E-state index contributed by atoms with van der Waals surface area (Å²) in [5.74, 6) is 1.98. The van der Waals surface area contributed by atoms with Crippen LogP contribution in [0.25, 0.3) is 0 Å². The van der Waals surface area contributed by atoms with E-state index >= 15 is 0 Å². The minimum absolute atomic E-state index is 0.315. The molecular weight excluding hydrogens is 226 g/mol. The molecule has 0 fully saturated rings. The fraction of sp³-hybridized carbons (Fsp3) is 0.500. The Hall–Kier alpha value is -1.55. The molecule has 0 aliphatic carbocycles. The van der Waals surface area contributed by atoms with Crippen molar-refractivity contribution >= 4 is 0 Å². The molecule has 0 bridgehead atoms. The molecule has 0 unspecified atom stereocenters. The van der Waals surface area contributed by atoms with Gasteiger partial charge in [0.25, 0.3) is 0 Å². The van der Waals surface area contributed by atoms with Crippen LogP contribution < -0.4 is 5.32 Å². The van der Waals surface area contributed by atoms with Gasteiger partial charge in [-0.1, -0.05) is 0 Å². The van der Waals surface area contributed by atoms with E-state index in [9.17, 15) is 0 Å². The lowest BCUT2D eigenvalue weighted by Gasteiger charge is -2.13. The molecule has 2 aromatic heterocycles. The summed E-state index contributed by atoms with van der Waals surface area (Å²) in [6, 6.07) is 4.48. The first-order chi connectivity index (χ1) is 8.58. The number of aromatic nitrogens is 2. The first-order valence-corrected chi connectivity index (χ1v) is 6.35. The van der Waals surface area contributed by atoms with Gasteiger partial charge in [-0.15, -0.1) is 0 Å². The third-order valence-electron chi connectivity index (χ3n) is 3.30. The smallest absolute Gasteiger partial charge is 0.105 e. The lowest BCUT2D eigenvalue weighted by Crippen LogP contribution is -2.22. The zero-order valence-electron chi connectivity index (χ0n) is 11.5. The molecule has 0 saturated carbocycles. The summed E-state index contributed by atoms with van der Waals surface area (Å²) < 4.78 is 7.47. The maximum absolute atomic E-state index is 5.55. The molecule has 98 valence electrons. The highest BCUT2D eigenvalue weighted by Crippen LogP contribution is 2.20. The second kappa shape index (κ2) is 5.40. The van der Waals surface area contributed by atoms with Gasteiger partial charge in [-0.25, -0.2) is 0 Å². The van der Waals surface area contributed by atoms with Crippen molar-refractivity contribution in [1.82, 2.24) is 15.1 Å². The second-order valence-corrected chi connectivity index (χ2v) is 4.74. The van der Waals surface area contributed by atoms with E-state index in [2.05, 4.69) is 29.5 Å². The summed E-state index contributed by atoms with van der Waals surface area (Å²) in [6.45, 7) is 7.10. The lowest BCUT2D eigenvalue weighted by atomic mass is 10.1. The fourth-order valence-electron chi connectivity index (χ4n) is 2.25. The molecule has 1 atom stereocenters. The molecule has 2 aromatic rings. The zero-order valence-corrected chi connectivity index (χ0v) is 11.5. The van der Waals surface area contributed by atoms with Crippen molar-refractivity contribution in [2.75, 3.05) is 6.54 Å². The van der Waals surface area contributed by atoms with Crippen LogP contribution in [0.4, 0.5) is 0 Å². The van der Waals surface area contributed by atoms with Gasteiger partial charge in [0.1, 0.15) is 11.5 Å². The van der Waals surface area contributed by atoms with Crippen molar-refractivity contribution in [2.45, 2.75) is 33.2 Å². The molecule has 0 amide bonds. The highest BCUT2D eigenvalue weighted by atomic mass is 16.3. The minimum atomic E-state index is 0.315. The molecule has 18 heavy (non-hydrogen) atoms. The number of rotatable bonds is 5. The van der Waals surface area contributed by atoms with Gasteiger partial charge in [0.05, 0.1) is 0 Å². The van der Waals surface area contributed by atoms with Crippen LogP contribution in [0.3, 0.4) is 0 Å². The molecule has 0 aliphatic heterocycles. The Bertz CT molecular complexity index is 513.